The molecule has 3 N–H and O–H groups in total. The second kappa shape index (κ2) is 2.27. The standard InChI is InChI=1S/C7H10N2O3/c8-2-9-6(11)4-3(1-10)5(4)7(9)12/h3-5,10H,1-2,8H2. The number of piperidine rings is 1. The summed E-state index contributed by atoms with van der Waals surface area (Å²) in [5, 5.41) is 8.75. The molecular weight excluding hydrogens is 160 g/mol. The number of imide groups is 1. The number of nitrogens with zero attached hydrogens (tertiary/aromatic N) is 1. The fourth-order valence-electron chi connectivity index (χ4n) is 1.92. The second-order valence-corrected chi connectivity index (χ2v) is 3.19. The lowest BCUT2D eigenvalue weighted by Crippen LogP contribution is -2.39. The number of amides is 2. The number of carbonyl (C=O) groups excluding carboxylic acids is 2. The van der Waals surface area contributed by atoms with Crippen LogP contribution in [0.15, 0.2) is 0 Å². The smallest absolute Gasteiger partial charge is 0.234 e. The summed E-state index contributed by atoms with van der Waals surface area (Å²) in [5.74, 6) is -1.11. The van der Waals surface area contributed by atoms with Gasteiger partial charge in [-0.3, -0.25) is 14.5 Å². The van der Waals surface area contributed by atoms with Gasteiger partial charge in [0.25, 0.3) is 0 Å². The fraction of sp³-hybridized carbons (Fsp3) is 0.714. The molecule has 2 atom stereocenters. The van der Waals surface area contributed by atoms with Crippen LogP contribution in [0.2, 0.25) is 0 Å². The molecule has 0 spiro atoms. The number of fused-ring (bicyclic) bond motifs is 1. The minimum absolute atomic E-state index is 0.0389. The number of aliphatic hydroxyl groups excluding tert-OH is 1. The molecule has 0 radical (unpaired) electrons. The quantitative estimate of drug-likeness (QED) is 0.475. The first-order valence-electron chi connectivity index (χ1n) is 3.88. The van der Waals surface area contributed by atoms with E-state index in [1.54, 1.807) is 0 Å². The predicted molar refractivity (Wildman–Crippen MR) is 38.5 cm³/mol. The molecule has 1 aliphatic heterocycles. The zero-order valence-corrected chi connectivity index (χ0v) is 6.43. The van der Waals surface area contributed by atoms with E-state index in [4.69, 9.17) is 10.8 Å². The molecular formula is C7H10N2O3. The average molecular weight is 170 g/mol. The van der Waals surface area contributed by atoms with E-state index in [9.17, 15) is 9.59 Å². The Hall–Kier alpha value is -0.940. The average Bonchev–Trinajstić information content (AvgIpc) is 2.72. The lowest BCUT2D eigenvalue weighted by Gasteiger charge is -2.14. The van der Waals surface area contributed by atoms with Crippen molar-refractivity contribution in [2.24, 2.45) is 23.5 Å². The molecule has 2 unspecified atom stereocenters. The number of hydrogen-bond donors (Lipinski definition) is 2. The van der Waals surface area contributed by atoms with Gasteiger partial charge < -0.3 is 10.8 Å². The van der Waals surface area contributed by atoms with Crippen molar-refractivity contribution in [3.8, 4) is 0 Å². The van der Waals surface area contributed by atoms with Crippen molar-refractivity contribution in [2.45, 2.75) is 0 Å². The molecule has 0 bridgehead atoms. The topological polar surface area (TPSA) is 83.6 Å². The molecule has 2 rings (SSSR count). The van der Waals surface area contributed by atoms with Crippen LogP contribution in [0.25, 0.3) is 0 Å². The molecule has 12 heavy (non-hydrogen) atoms. The van der Waals surface area contributed by atoms with Gasteiger partial charge in [0.1, 0.15) is 0 Å². The van der Waals surface area contributed by atoms with Crippen LogP contribution in [0.4, 0.5) is 0 Å². The van der Waals surface area contributed by atoms with E-state index < -0.39 is 0 Å². The van der Waals surface area contributed by atoms with Crippen LogP contribution in [0.5, 0.6) is 0 Å². The van der Waals surface area contributed by atoms with E-state index in [0.717, 1.165) is 4.90 Å². The summed E-state index contributed by atoms with van der Waals surface area (Å²) in [5.41, 5.74) is 5.21. The predicted octanol–water partition coefficient (Wildman–Crippen LogP) is -1.87. The van der Waals surface area contributed by atoms with Gasteiger partial charge in [-0.05, 0) is 0 Å². The Balaban J connectivity index is 2.16. The lowest BCUT2D eigenvalue weighted by molar-refractivity contribution is -0.142. The summed E-state index contributed by atoms with van der Waals surface area (Å²) in [6.07, 6.45) is 0. The molecule has 66 valence electrons. The third-order valence-electron chi connectivity index (χ3n) is 2.66. The highest BCUT2D eigenvalue weighted by molar-refractivity contribution is 6.09. The normalized spacial score (nSPS) is 38.8. The Bertz CT molecular complexity index is 231. The Kier molecular flexibility index (Phi) is 1.46. The molecule has 1 aliphatic carbocycles. The fourth-order valence-corrected chi connectivity index (χ4v) is 1.92. The molecule has 5 heteroatoms. The van der Waals surface area contributed by atoms with Crippen molar-refractivity contribution < 1.29 is 14.7 Å². The highest BCUT2D eigenvalue weighted by atomic mass is 16.3. The summed E-state index contributed by atoms with van der Waals surface area (Å²) in [7, 11) is 0. The zero-order chi connectivity index (χ0) is 8.88. The van der Waals surface area contributed by atoms with E-state index in [1.165, 1.54) is 0 Å². The summed E-state index contributed by atoms with van der Waals surface area (Å²) in [6.45, 7) is -0.117. The van der Waals surface area contributed by atoms with Crippen LogP contribution in [0.1, 0.15) is 0 Å². The van der Waals surface area contributed by atoms with Crippen LogP contribution in [-0.4, -0.2) is 35.1 Å². The molecule has 0 aromatic rings. The van der Waals surface area contributed by atoms with Crippen molar-refractivity contribution in [3.63, 3.8) is 0 Å². The summed E-state index contributed by atoms with van der Waals surface area (Å²) < 4.78 is 0. The molecule has 0 aromatic carbocycles. The van der Waals surface area contributed by atoms with Gasteiger partial charge in [-0.2, -0.15) is 0 Å². The largest absolute Gasteiger partial charge is 0.396 e. The second-order valence-electron chi connectivity index (χ2n) is 3.19. The Morgan fingerprint density at radius 1 is 1.33 bits per heavy atom. The Morgan fingerprint density at radius 2 is 1.83 bits per heavy atom. The van der Waals surface area contributed by atoms with Crippen molar-refractivity contribution >= 4 is 11.8 Å². The summed E-state index contributed by atoms with van der Waals surface area (Å²) >= 11 is 0. The number of rotatable bonds is 2. The van der Waals surface area contributed by atoms with Crippen LogP contribution in [0.3, 0.4) is 0 Å². The highest BCUT2D eigenvalue weighted by Crippen LogP contribution is 2.52. The van der Waals surface area contributed by atoms with Crippen molar-refractivity contribution in [1.82, 2.24) is 4.90 Å². The molecule has 0 aromatic heterocycles. The Labute approximate surface area is 69.1 Å². The number of hydrogen-bond acceptors (Lipinski definition) is 4. The van der Waals surface area contributed by atoms with E-state index in [2.05, 4.69) is 0 Å². The van der Waals surface area contributed by atoms with Crippen molar-refractivity contribution in [2.75, 3.05) is 13.3 Å². The third kappa shape index (κ3) is 0.697. The van der Waals surface area contributed by atoms with E-state index >= 15 is 0 Å². The number of likely N-dealkylation sites (tertiary alicyclic amines) is 1. The highest BCUT2D eigenvalue weighted by Gasteiger charge is 2.66. The van der Waals surface area contributed by atoms with Gasteiger partial charge in [-0.15, -0.1) is 0 Å². The van der Waals surface area contributed by atoms with Crippen molar-refractivity contribution in [1.29, 1.82) is 0 Å². The number of carbonyl (C=O) groups is 2. The van der Waals surface area contributed by atoms with Gasteiger partial charge in [0.2, 0.25) is 11.8 Å². The third-order valence-corrected chi connectivity index (χ3v) is 2.66. The molecule has 2 fully saturated rings. The number of nitrogens with two attached hydrogens (primary N) is 1. The molecule has 1 saturated heterocycles. The van der Waals surface area contributed by atoms with Gasteiger partial charge >= 0.3 is 0 Å². The zero-order valence-electron chi connectivity index (χ0n) is 6.43. The minimum Gasteiger partial charge on any atom is -0.396 e. The van der Waals surface area contributed by atoms with Crippen molar-refractivity contribution in [3.05, 3.63) is 0 Å². The van der Waals surface area contributed by atoms with E-state index in [0.29, 0.717) is 0 Å². The maximum Gasteiger partial charge on any atom is 0.234 e. The van der Waals surface area contributed by atoms with E-state index in [1.807, 2.05) is 0 Å². The van der Waals surface area contributed by atoms with Gasteiger partial charge in [0.15, 0.2) is 0 Å². The van der Waals surface area contributed by atoms with Crippen LogP contribution in [-0.2, 0) is 9.59 Å². The molecule has 1 saturated carbocycles. The molecule has 1 heterocycles. The first-order chi connectivity index (χ1) is 5.72. The van der Waals surface area contributed by atoms with E-state index in [-0.39, 0.29) is 42.8 Å². The molecule has 2 amide bonds. The van der Waals surface area contributed by atoms with Crippen LogP contribution in [0, 0.1) is 17.8 Å². The van der Waals surface area contributed by atoms with Crippen LogP contribution < -0.4 is 5.73 Å². The Morgan fingerprint density at radius 3 is 2.17 bits per heavy atom. The van der Waals surface area contributed by atoms with Gasteiger partial charge in [0.05, 0.1) is 18.5 Å². The lowest BCUT2D eigenvalue weighted by atomic mass is 10.3. The molecule has 2 aliphatic rings. The maximum atomic E-state index is 11.3. The van der Waals surface area contributed by atoms with Crippen LogP contribution >= 0.6 is 0 Å². The summed E-state index contributed by atoms with van der Waals surface area (Å²) in [4.78, 5) is 23.6. The van der Waals surface area contributed by atoms with Gasteiger partial charge in [-0.25, -0.2) is 0 Å². The van der Waals surface area contributed by atoms with Gasteiger partial charge in [-0.1, -0.05) is 0 Å². The monoisotopic (exact) mass is 170 g/mol. The molecule has 5 nitrogen and oxygen atoms in total. The number of aliphatic hydroxyl groups is 1. The SMILES string of the molecule is NCN1C(=O)C2C(CO)C2C1=O. The minimum atomic E-state index is -0.272. The maximum absolute atomic E-state index is 11.3. The first kappa shape index (κ1) is 7.70. The first-order valence-corrected chi connectivity index (χ1v) is 3.88. The summed E-state index contributed by atoms with van der Waals surface area (Å²) in [6, 6.07) is 0. The van der Waals surface area contributed by atoms with Gasteiger partial charge in [0, 0.05) is 12.5 Å².